The van der Waals surface area contributed by atoms with Crippen LogP contribution >= 0.6 is 7.49 Å². The van der Waals surface area contributed by atoms with Gasteiger partial charge in [0, 0.05) is 24.6 Å². The summed E-state index contributed by atoms with van der Waals surface area (Å²) in [6, 6.07) is 7.13. The maximum atomic E-state index is 13.5. The molecule has 2 fully saturated rings. The number of alkyl halides is 3. The summed E-state index contributed by atoms with van der Waals surface area (Å²) in [6.45, 7) is 2.57. The van der Waals surface area contributed by atoms with Gasteiger partial charge in [-0.05, 0) is 42.5 Å². The van der Waals surface area contributed by atoms with Crippen LogP contribution in [0.5, 0.6) is 5.75 Å². The number of benzene rings is 1. The molecule has 0 radical (unpaired) electrons. The minimum atomic E-state index is -4.46. The smallest absolute Gasteiger partial charge is 0.418 e. The summed E-state index contributed by atoms with van der Waals surface area (Å²) in [5.41, 5.74) is 0.737. The molecular weight excluding hydrogens is 480 g/mol. The molecule has 7 nitrogen and oxygen atoms in total. The van der Waals surface area contributed by atoms with E-state index in [0.717, 1.165) is 24.3 Å². The molecule has 1 saturated carbocycles. The van der Waals surface area contributed by atoms with Crippen molar-refractivity contribution in [2.75, 3.05) is 37.8 Å². The van der Waals surface area contributed by atoms with Gasteiger partial charge in [-0.1, -0.05) is 0 Å². The van der Waals surface area contributed by atoms with Gasteiger partial charge in [0.05, 0.1) is 31.5 Å². The van der Waals surface area contributed by atoms with E-state index in [4.69, 9.17) is 4.74 Å². The molecule has 3 N–H and O–H groups in total. The Labute approximate surface area is 201 Å². The van der Waals surface area contributed by atoms with Gasteiger partial charge in [0.25, 0.3) is 0 Å². The Kier molecular flexibility index (Phi) is 5.92. The molecule has 1 aliphatic heterocycles. The zero-order chi connectivity index (χ0) is 25.0. The number of nitrogens with zero attached hydrogens (tertiary/aromatic N) is 2. The summed E-state index contributed by atoms with van der Waals surface area (Å²) >= 11 is 0. The van der Waals surface area contributed by atoms with Crippen LogP contribution in [-0.4, -0.2) is 58.2 Å². The summed E-state index contributed by atoms with van der Waals surface area (Å²) in [4.78, 5) is 31.8. The monoisotopic (exact) mass is 507 g/mol. The van der Waals surface area contributed by atoms with Gasteiger partial charge < -0.3 is 19.9 Å². The van der Waals surface area contributed by atoms with E-state index in [1.165, 1.54) is 14.0 Å². The van der Waals surface area contributed by atoms with E-state index in [1.807, 2.05) is 6.07 Å². The van der Waals surface area contributed by atoms with Gasteiger partial charge in [0.15, 0.2) is 7.49 Å². The van der Waals surface area contributed by atoms with E-state index in [9.17, 15) is 22.9 Å². The summed E-state index contributed by atoms with van der Waals surface area (Å²) in [5.74, 6) is 1.02. The zero-order valence-electron chi connectivity index (χ0n) is 19.4. The fourth-order valence-electron chi connectivity index (χ4n) is 4.72. The third-order valence-electron chi connectivity index (χ3n) is 6.85. The average molecular weight is 507 g/mol. The summed E-state index contributed by atoms with van der Waals surface area (Å²) in [7, 11) is -0.897. The van der Waals surface area contributed by atoms with Crippen molar-refractivity contribution in [2.24, 2.45) is 0 Å². The molecule has 1 saturated heterocycles. The van der Waals surface area contributed by atoms with Gasteiger partial charge in [-0.3, -0.25) is 4.79 Å². The number of halogens is 3. The van der Waals surface area contributed by atoms with Crippen molar-refractivity contribution in [2.45, 2.75) is 31.9 Å². The predicted molar refractivity (Wildman–Crippen MR) is 130 cm³/mol. The molecule has 5 rings (SSSR count). The van der Waals surface area contributed by atoms with Gasteiger partial charge in [-0.2, -0.15) is 13.2 Å². The molecule has 2 aromatic heterocycles. The molecule has 186 valence electrons. The fraction of sp³-hybridized carbons (Fsp3) is 0.417. The van der Waals surface area contributed by atoms with Crippen LogP contribution in [0.25, 0.3) is 11.0 Å². The number of carbonyl (C=O) groups excluding carboxylic acids is 1. The molecule has 0 atom stereocenters. The first-order valence-corrected chi connectivity index (χ1v) is 13.6. The molecule has 35 heavy (non-hydrogen) atoms. The van der Waals surface area contributed by atoms with E-state index >= 15 is 0 Å². The first-order valence-electron chi connectivity index (χ1n) is 11.5. The lowest BCUT2D eigenvalue weighted by Gasteiger charge is -2.31. The van der Waals surface area contributed by atoms with E-state index < -0.39 is 19.2 Å². The lowest BCUT2D eigenvalue weighted by atomic mass is 10.0. The Morgan fingerprint density at radius 3 is 2.57 bits per heavy atom. The molecule has 0 bridgehead atoms. The lowest BCUT2D eigenvalue weighted by Crippen LogP contribution is -2.41. The summed E-state index contributed by atoms with van der Waals surface area (Å²) in [5, 5.41) is 4.12. The van der Waals surface area contributed by atoms with E-state index in [-0.39, 0.29) is 22.9 Å². The molecule has 1 amide bonds. The Morgan fingerprint density at radius 2 is 1.97 bits per heavy atom. The third-order valence-corrected chi connectivity index (χ3v) is 9.97. The number of anilines is 2. The van der Waals surface area contributed by atoms with Crippen LogP contribution in [0.15, 0.2) is 30.5 Å². The van der Waals surface area contributed by atoms with Crippen LogP contribution < -0.4 is 15.4 Å². The molecule has 0 spiro atoms. The number of carbonyl (C=O) groups is 1. The van der Waals surface area contributed by atoms with Crippen molar-refractivity contribution in [1.29, 1.82) is 0 Å². The zero-order valence-corrected chi connectivity index (χ0v) is 20.3. The molecule has 11 heteroatoms. The Balaban J connectivity index is 1.45. The van der Waals surface area contributed by atoms with E-state index in [2.05, 4.69) is 15.3 Å². The van der Waals surface area contributed by atoms with Crippen molar-refractivity contribution >= 4 is 41.2 Å². The van der Waals surface area contributed by atoms with Gasteiger partial charge in [-0.15, -0.1) is 0 Å². The molecule has 1 aromatic carbocycles. The Morgan fingerprint density at radius 1 is 1.26 bits per heavy atom. The second kappa shape index (κ2) is 8.68. The first kappa shape index (κ1) is 23.9. The molecular formula is C24H27F3N4O3P+. The van der Waals surface area contributed by atoms with Crippen LogP contribution in [-0.2, 0) is 11.0 Å². The van der Waals surface area contributed by atoms with Crippen molar-refractivity contribution in [1.82, 2.24) is 14.9 Å². The number of aromatic amines is 1. The maximum absolute atomic E-state index is 13.5. The average Bonchev–Trinajstić information content (AvgIpc) is 3.56. The Bertz CT molecular complexity index is 1280. The Hall–Kier alpha value is -2.84. The highest BCUT2D eigenvalue weighted by atomic mass is 31.2. The largest absolute Gasteiger partial charge is 0.494 e. The number of H-pyrrole nitrogens is 1. The highest BCUT2D eigenvalue weighted by molar-refractivity contribution is 7.77. The molecule has 1 aliphatic carbocycles. The molecule has 3 heterocycles. The fourth-order valence-corrected chi connectivity index (χ4v) is 7.31. The van der Waals surface area contributed by atoms with Gasteiger partial charge in [0.2, 0.25) is 5.91 Å². The van der Waals surface area contributed by atoms with Crippen LogP contribution in [0, 0.1) is 0 Å². The molecule has 2 aliphatic rings. The summed E-state index contributed by atoms with van der Waals surface area (Å²) in [6.07, 6.45) is -0.726. The second-order valence-corrected chi connectivity index (χ2v) is 12.4. The highest BCUT2D eigenvalue weighted by Crippen LogP contribution is 2.55. The first-order chi connectivity index (χ1) is 16.6. The van der Waals surface area contributed by atoms with Crippen LogP contribution in [0.3, 0.4) is 0 Å². The predicted octanol–water partition coefficient (Wildman–Crippen LogP) is 4.62. The lowest BCUT2D eigenvalue weighted by molar-refractivity contribution is -0.136. The maximum Gasteiger partial charge on any atom is 0.418 e. The van der Waals surface area contributed by atoms with Crippen molar-refractivity contribution < 1.29 is 27.6 Å². The van der Waals surface area contributed by atoms with Crippen molar-refractivity contribution in [3.63, 3.8) is 0 Å². The number of rotatable bonds is 5. The second-order valence-electron chi connectivity index (χ2n) is 9.18. The van der Waals surface area contributed by atoms with Gasteiger partial charge in [0.1, 0.15) is 34.8 Å². The minimum absolute atomic E-state index is 0.00726. The number of ether oxygens (including phenoxy) is 1. The van der Waals surface area contributed by atoms with Crippen molar-refractivity contribution in [3.8, 4) is 5.75 Å². The SMILES string of the molecule is COc1cc([P+]2(O)CCN(C(C)=O)CC2)ccc1Nc1cc(C2CC2)c2c(C(F)(F)F)c[nH]c2n1. The van der Waals surface area contributed by atoms with Gasteiger partial charge >= 0.3 is 6.18 Å². The van der Waals surface area contributed by atoms with Crippen LogP contribution in [0.1, 0.15) is 36.8 Å². The summed E-state index contributed by atoms with van der Waals surface area (Å²) < 4.78 is 46.2. The molecule has 0 unspecified atom stereocenters. The van der Waals surface area contributed by atoms with E-state index in [0.29, 0.717) is 48.2 Å². The third kappa shape index (κ3) is 4.57. The number of amides is 1. The number of hydrogen-bond donors (Lipinski definition) is 3. The minimum Gasteiger partial charge on any atom is -0.494 e. The van der Waals surface area contributed by atoms with Crippen molar-refractivity contribution in [3.05, 3.63) is 41.6 Å². The number of aromatic nitrogens is 2. The number of methoxy groups -OCH3 is 1. The van der Waals surface area contributed by atoms with Gasteiger partial charge in [-0.25, -0.2) is 9.88 Å². The topological polar surface area (TPSA) is 90.5 Å². The number of hydrogen-bond acceptors (Lipinski definition) is 5. The highest BCUT2D eigenvalue weighted by Gasteiger charge is 2.43. The quantitative estimate of drug-likeness (QED) is 0.439. The van der Waals surface area contributed by atoms with E-state index in [1.54, 1.807) is 23.1 Å². The molecule has 3 aromatic rings. The van der Waals surface area contributed by atoms with Crippen LogP contribution in [0.2, 0.25) is 0 Å². The number of pyridine rings is 1. The number of fused-ring (bicyclic) bond motifs is 1. The standard InChI is InChI=1S/C24H27F3N4O3P/c1-14(32)31-7-9-35(33,10-8-31)16-5-6-19(20(11-16)34-2)29-21-12-17(15-3-4-15)22-18(24(25,26)27)13-28-23(22)30-21/h5-6,11-13,15,33H,3-4,7-10H2,1-2H3,(H2,28,29,30)/q+1. The number of nitrogens with one attached hydrogen (secondary N) is 2. The normalized spacial score (nSPS) is 18.1. The van der Waals surface area contributed by atoms with Crippen LogP contribution in [0.4, 0.5) is 24.7 Å².